The van der Waals surface area contributed by atoms with Gasteiger partial charge in [0.15, 0.2) is 5.13 Å². The van der Waals surface area contributed by atoms with E-state index >= 15 is 0 Å². The molecule has 3 rings (SSSR count). The molecule has 2 fully saturated rings. The molecule has 1 N–H and O–H groups in total. The fourth-order valence-corrected chi connectivity index (χ4v) is 3.29. The number of amides is 2. The second kappa shape index (κ2) is 6.41. The Balaban J connectivity index is 1.42. The standard InChI is InChI=1S/C13H20N4O2S/c18-12(15-10-11-2-1-8-19-11)16-4-6-17(7-5-16)13-14-3-9-20-13/h3,9,11H,1-2,4-8,10H2,(H,15,18)/t11-/m1/s1. The third-order valence-electron chi connectivity index (χ3n) is 3.76. The highest BCUT2D eigenvalue weighted by atomic mass is 32.1. The van der Waals surface area contributed by atoms with Crippen molar-refractivity contribution in [2.45, 2.75) is 18.9 Å². The lowest BCUT2D eigenvalue weighted by Gasteiger charge is -2.34. The molecule has 0 saturated carbocycles. The highest BCUT2D eigenvalue weighted by Gasteiger charge is 2.23. The van der Waals surface area contributed by atoms with E-state index in [2.05, 4.69) is 15.2 Å². The summed E-state index contributed by atoms with van der Waals surface area (Å²) >= 11 is 1.65. The molecule has 0 aliphatic carbocycles. The second-order valence-electron chi connectivity index (χ2n) is 5.11. The zero-order valence-corrected chi connectivity index (χ0v) is 12.3. The Bertz CT molecular complexity index is 426. The summed E-state index contributed by atoms with van der Waals surface area (Å²) in [6.07, 6.45) is 4.18. The summed E-state index contributed by atoms with van der Waals surface area (Å²) in [6, 6.07) is 0.0271. The number of ether oxygens (including phenoxy) is 1. The molecule has 0 spiro atoms. The van der Waals surface area contributed by atoms with E-state index < -0.39 is 0 Å². The number of carbonyl (C=O) groups excluding carboxylic acids is 1. The lowest BCUT2D eigenvalue weighted by atomic mass is 10.2. The molecule has 7 heteroatoms. The van der Waals surface area contributed by atoms with Crippen molar-refractivity contribution < 1.29 is 9.53 Å². The van der Waals surface area contributed by atoms with E-state index in [0.29, 0.717) is 6.54 Å². The number of carbonyl (C=O) groups is 1. The Labute approximate surface area is 122 Å². The van der Waals surface area contributed by atoms with Crippen molar-refractivity contribution >= 4 is 22.5 Å². The van der Waals surface area contributed by atoms with Crippen molar-refractivity contribution in [2.24, 2.45) is 0 Å². The van der Waals surface area contributed by atoms with Crippen LogP contribution in [0.5, 0.6) is 0 Å². The quantitative estimate of drug-likeness (QED) is 0.909. The first-order chi connectivity index (χ1) is 9.83. The van der Waals surface area contributed by atoms with Crippen LogP contribution in [0, 0.1) is 0 Å². The largest absolute Gasteiger partial charge is 0.376 e. The molecule has 6 nitrogen and oxygen atoms in total. The van der Waals surface area contributed by atoms with Gasteiger partial charge in [0.05, 0.1) is 6.10 Å². The van der Waals surface area contributed by atoms with Gasteiger partial charge in [0.1, 0.15) is 0 Å². The molecule has 2 amide bonds. The van der Waals surface area contributed by atoms with Gasteiger partial charge in [-0.15, -0.1) is 11.3 Å². The van der Waals surface area contributed by atoms with Crippen LogP contribution in [0.25, 0.3) is 0 Å². The zero-order valence-electron chi connectivity index (χ0n) is 11.5. The van der Waals surface area contributed by atoms with E-state index in [1.165, 1.54) is 0 Å². The van der Waals surface area contributed by atoms with E-state index in [-0.39, 0.29) is 12.1 Å². The molecule has 3 heterocycles. The Morgan fingerprint density at radius 3 is 2.95 bits per heavy atom. The van der Waals surface area contributed by atoms with Gasteiger partial charge in [-0.05, 0) is 12.8 Å². The van der Waals surface area contributed by atoms with Crippen molar-refractivity contribution in [3.8, 4) is 0 Å². The number of anilines is 1. The van der Waals surface area contributed by atoms with Crippen LogP contribution in [0.1, 0.15) is 12.8 Å². The Morgan fingerprint density at radius 1 is 1.45 bits per heavy atom. The van der Waals surface area contributed by atoms with Crippen LogP contribution in [-0.2, 0) is 4.74 Å². The van der Waals surface area contributed by atoms with Gasteiger partial charge in [-0.25, -0.2) is 9.78 Å². The van der Waals surface area contributed by atoms with Gasteiger partial charge >= 0.3 is 6.03 Å². The molecule has 0 bridgehead atoms. The van der Waals surface area contributed by atoms with Gasteiger partial charge in [-0.3, -0.25) is 0 Å². The van der Waals surface area contributed by atoms with Crippen LogP contribution in [-0.4, -0.2) is 61.3 Å². The smallest absolute Gasteiger partial charge is 0.317 e. The number of nitrogens with zero attached hydrogens (tertiary/aromatic N) is 3. The molecule has 2 aliphatic heterocycles. The first-order valence-corrected chi connectivity index (χ1v) is 8.00. The minimum absolute atomic E-state index is 0.0271. The molecule has 110 valence electrons. The van der Waals surface area contributed by atoms with Crippen LogP contribution in [0.3, 0.4) is 0 Å². The van der Waals surface area contributed by atoms with E-state index in [0.717, 1.165) is 50.8 Å². The fraction of sp³-hybridized carbons (Fsp3) is 0.692. The first kappa shape index (κ1) is 13.6. The van der Waals surface area contributed by atoms with E-state index in [4.69, 9.17) is 4.74 Å². The van der Waals surface area contributed by atoms with Gasteiger partial charge in [0.25, 0.3) is 0 Å². The normalized spacial score (nSPS) is 23.1. The summed E-state index contributed by atoms with van der Waals surface area (Å²) in [7, 11) is 0. The highest BCUT2D eigenvalue weighted by molar-refractivity contribution is 7.13. The van der Waals surface area contributed by atoms with E-state index in [1.807, 2.05) is 16.5 Å². The predicted molar refractivity (Wildman–Crippen MR) is 78.3 cm³/mol. The third kappa shape index (κ3) is 3.21. The minimum atomic E-state index is 0.0271. The summed E-state index contributed by atoms with van der Waals surface area (Å²) in [6.45, 7) is 4.65. The molecular weight excluding hydrogens is 276 g/mol. The molecular formula is C13H20N4O2S. The molecule has 1 atom stereocenters. The molecule has 2 saturated heterocycles. The summed E-state index contributed by atoms with van der Waals surface area (Å²) in [5.41, 5.74) is 0. The maximum atomic E-state index is 12.1. The number of hydrogen-bond donors (Lipinski definition) is 1. The van der Waals surface area contributed by atoms with Gasteiger partial charge in [-0.2, -0.15) is 0 Å². The summed E-state index contributed by atoms with van der Waals surface area (Å²) in [4.78, 5) is 20.5. The number of rotatable bonds is 3. The van der Waals surface area contributed by atoms with Gasteiger partial charge in [-0.1, -0.05) is 0 Å². The number of nitrogens with one attached hydrogen (secondary N) is 1. The number of thiazole rings is 1. The van der Waals surface area contributed by atoms with Crippen LogP contribution < -0.4 is 10.2 Å². The Kier molecular flexibility index (Phi) is 4.37. The van der Waals surface area contributed by atoms with Gasteiger partial charge < -0.3 is 19.9 Å². The number of hydrogen-bond acceptors (Lipinski definition) is 5. The van der Waals surface area contributed by atoms with E-state index in [9.17, 15) is 4.79 Å². The summed E-state index contributed by atoms with van der Waals surface area (Å²) in [5, 5.41) is 6.00. The number of aromatic nitrogens is 1. The van der Waals surface area contributed by atoms with Crippen LogP contribution in [0.2, 0.25) is 0 Å². The minimum Gasteiger partial charge on any atom is -0.376 e. The lowest BCUT2D eigenvalue weighted by Crippen LogP contribution is -2.52. The summed E-state index contributed by atoms with van der Waals surface area (Å²) in [5.74, 6) is 0. The lowest BCUT2D eigenvalue weighted by molar-refractivity contribution is 0.108. The maximum absolute atomic E-state index is 12.1. The molecule has 0 unspecified atom stereocenters. The average Bonchev–Trinajstić information content (AvgIpc) is 3.18. The zero-order chi connectivity index (χ0) is 13.8. The molecule has 2 aliphatic rings. The van der Waals surface area contributed by atoms with Crippen LogP contribution >= 0.6 is 11.3 Å². The molecule has 0 radical (unpaired) electrons. The van der Waals surface area contributed by atoms with Gasteiger partial charge in [0.2, 0.25) is 0 Å². The Morgan fingerprint density at radius 2 is 2.30 bits per heavy atom. The monoisotopic (exact) mass is 296 g/mol. The number of urea groups is 1. The van der Waals surface area contributed by atoms with E-state index in [1.54, 1.807) is 11.3 Å². The highest BCUT2D eigenvalue weighted by Crippen LogP contribution is 2.18. The van der Waals surface area contributed by atoms with Crippen LogP contribution in [0.15, 0.2) is 11.6 Å². The molecule has 1 aromatic heterocycles. The molecule has 20 heavy (non-hydrogen) atoms. The average molecular weight is 296 g/mol. The van der Waals surface area contributed by atoms with Crippen molar-refractivity contribution in [1.82, 2.24) is 15.2 Å². The van der Waals surface area contributed by atoms with Crippen molar-refractivity contribution in [3.05, 3.63) is 11.6 Å². The third-order valence-corrected chi connectivity index (χ3v) is 4.59. The predicted octanol–water partition coefficient (Wildman–Crippen LogP) is 1.15. The van der Waals surface area contributed by atoms with Crippen molar-refractivity contribution in [3.63, 3.8) is 0 Å². The van der Waals surface area contributed by atoms with Gasteiger partial charge in [0, 0.05) is 50.9 Å². The first-order valence-electron chi connectivity index (χ1n) is 7.12. The Hall–Kier alpha value is -1.34. The number of piperazine rings is 1. The fourth-order valence-electron chi connectivity index (χ4n) is 2.59. The molecule has 0 aromatic carbocycles. The second-order valence-corrected chi connectivity index (χ2v) is 5.98. The topological polar surface area (TPSA) is 57.7 Å². The summed E-state index contributed by atoms with van der Waals surface area (Å²) < 4.78 is 5.51. The molecule has 1 aromatic rings. The van der Waals surface area contributed by atoms with Crippen LogP contribution in [0.4, 0.5) is 9.93 Å². The SMILES string of the molecule is O=C(NC[C@H]1CCCO1)N1CCN(c2nccs2)CC1. The maximum Gasteiger partial charge on any atom is 0.317 e. The van der Waals surface area contributed by atoms with Crippen molar-refractivity contribution in [1.29, 1.82) is 0 Å². The van der Waals surface area contributed by atoms with Crippen molar-refractivity contribution in [2.75, 3.05) is 44.2 Å².